The van der Waals surface area contributed by atoms with Gasteiger partial charge in [-0.1, -0.05) is 6.08 Å². The summed E-state index contributed by atoms with van der Waals surface area (Å²) >= 11 is -1.12. The van der Waals surface area contributed by atoms with E-state index in [2.05, 4.69) is 24.9 Å². The van der Waals surface area contributed by atoms with Crippen molar-refractivity contribution in [1.82, 2.24) is 39.5 Å². The van der Waals surface area contributed by atoms with Crippen LogP contribution in [-0.2, 0) is 27.2 Å². The van der Waals surface area contributed by atoms with Crippen LogP contribution in [0.1, 0.15) is 74.4 Å². The fourth-order valence-electron chi connectivity index (χ4n) is 9.94. The first kappa shape index (κ1) is 48.0. The molecule has 7 heterocycles. The average molecular weight is 955 g/mol. The van der Waals surface area contributed by atoms with Crippen LogP contribution in [0.25, 0.3) is 6.08 Å². The molecule has 68 heavy (non-hydrogen) atoms. The molecule has 6 aliphatic rings. The van der Waals surface area contributed by atoms with Gasteiger partial charge in [-0.3, -0.25) is 24.3 Å². The van der Waals surface area contributed by atoms with Crippen molar-refractivity contribution >= 4 is 40.8 Å². The molecule has 3 aromatic rings. The zero-order valence-corrected chi connectivity index (χ0v) is 40.3. The SMILES string of the molecule is COc1cc(/C=C/C(=O)N2CCC=CC2=O)cc(OC)c1OC1CCN(CCN2CCN(CCOc3cnc(C4CCN(c5nc6c(c(NC7(CO)CCC7)n5)[S@+]([O-])CC6)CC4)nc3)CC2)CC1. The van der Waals surface area contributed by atoms with E-state index in [0.29, 0.717) is 77.0 Å². The van der Waals surface area contributed by atoms with Crippen molar-refractivity contribution < 1.29 is 38.2 Å². The summed E-state index contributed by atoms with van der Waals surface area (Å²) in [6.45, 7) is 11.5. The molecule has 366 valence electrons. The molecule has 19 heteroatoms. The largest absolute Gasteiger partial charge is 0.611 e. The van der Waals surface area contributed by atoms with E-state index in [-0.39, 0.29) is 36.0 Å². The zero-order valence-electron chi connectivity index (χ0n) is 39.5. The first-order valence-electron chi connectivity index (χ1n) is 24.4. The number of carbonyl (C=O) groups excluding carboxylic acids is 2. The van der Waals surface area contributed by atoms with Crippen LogP contribution in [0.2, 0.25) is 0 Å². The third kappa shape index (κ3) is 11.3. The molecule has 2 N–H and O–H groups in total. The fourth-order valence-corrected chi connectivity index (χ4v) is 11.2. The Morgan fingerprint density at radius 3 is 2.22 bits per heavy atom. The van der Waals surface area contributed by atoms with Crippen LogP contribution in [0.15, 0.2) is 47.6 Å². The highest BCUT2D eigenvalue weighted by Gasteiger charge is 2.41. The van der Waals surface area contributed by atoms with Gasteiger partial charge >= 0.3 is 0 Å². The minimum atomic E-state index is -1.12. The van der Waals surface area contributed by atoms with E-state index in [0.717, 1.165) is 128 Å². The summed E-state index contributed by atoms with van der Waals surface area (Å²) in [6.07, 6.45) is 17.6. The predicted molar refractivity (Wildman–Crippen MR) is 258 cm³/mol. The number of piperidine rings is 2. The number of fused-ring (bicyclic) bond motifs is 1. The van der Waals surface area contributed by atoms with Crippen molar-refractivity contribution in [2.24, 2.45) is 0 Å². The number of nitrogens with zero attached hydrogens (tertiary/aromatic N) is 9. The Kier molecular flexibility index (Phi) is 15.6. The number of aryl methyl sites for hydroxylation is 1. The van der Waals surface area contributed by atoms with E-state index in [1.807, 2.05) is 12.1 Å². The minimum Gasteiger partial charge on any atom is -0.611 e. The molecule has 1 aliphatic carbocycles. The first-order valence-corrected chi connectivity index (χ1v) is 25.7. The third-order valence-corrected chi connectivity index (χ3v) is 15.8. The predicted octanol–water partition coefficient (Wildman–Crippen LogP) is 3.53. The molecule has 0 unspecified atom stereocenters. The van der Waals surface area contributed by atoms with Gasteiger partial charge < -0.3 is 43.7 Å². The fraction of sp³-hybridized carbons (Fsp3) is 0.592. The summed E-state index contributed by atoms with van der Waals surface area (Å²) in [5.41, 5.74) is 1.19. The number of anilines is 2. The van der Waals surface area contributed by atoms with Crippen LogP contribution in [0.3, 0.4) is 0 Å². The second kappa shape index (κ2) is 22.1. The van der Waals surface area contributed by atoms with Gasteiger partial charge in [0.05, 0.1) is 38.8 Å². The number of carbonyl (C=O) groups is 2. The number of amides is 2. The van der Waals surface area contributed by atoms with Gasteiger partial charge in [0.2, 0.25) is 16.6 Å². The zero-order chi connectivity index (χ0) is 47.0. The van der Waals surface area contributed by atoms with Crippen molar-refractivity contribution in [3.8, 4) is 23.0 Å². The maximum atomic E-state index is 12.9. The van der Waals surface area contributed by atoms with Gasteiger partial charge in [0.25, 0.3) is 11.8 Å². The van der Waals surface area contributed by atoms with Crippen molar-refractivity contribution in [2.75, 3.05) is 122 Å². The van der Waals surface area contributed by atoms with E-state index in [4.69, 9.17) is 38.9 Å². The third-order valence-electron chi connectivity index (χ3n) is 14.4. The molecule has 9 rings (SSSR count). The van der Waals surface area contributed by atoms with Crippen LogP contribution in [0.5, 0.6) is 23.0 Å². The summed E-state index contributed by atoms with van der Waals surface area (Å²) in [4.78, 5) is 55.6. The van der Waals surface area contributed by atoms with Gasteiger partial charge in [0, 0.05) is 97.0 Å². The van der Waals surface area contributed by atoms with Gasteiger partial charge in [-0.2, -0.15) is 4.98 Å². The summed E-state index contributed by atoms with van der Waals surface area (Å²) in [5.74, 6) is 4.59. The normalized spacial score (nSPS) is 21.8. The summed E-state index contributed by atoms with van der Waals surface area (Å²) < 4.78 is 36.9. The molecule has 5 aliphatic heterocycles. The monoisotopic (exact) mass is 954 g/mol. The van der Waals surface area contributed by atoms with E-state index in [9.17, 15) is 19.2 Å². The first-order chi connectivity index (χ1) is 33.2. The van der Waals surface area contributed by atoms with E-state index in [1.54, 1.807) is 38.8 Å². The Morgan fingerprint density at radius 1 is 0.912 bits per heavy atom. The number of aliphatic hydroxyl groups excluding tert-OH is 1. The molecule has 18 nitrogen and oxygen atoms in total. The number of hydrogen-bond acceptors (Lipinski definition) is 17. The molecular weight excluding hydrogens is 889 g/mol. The standard InChI is InChI=1S/C49H66N10O8S/c1-64-40-30-35(7-8-43(62)59-16-4-3-6-42(59)61)31-41(65-2)44(40)67-37-11-17-55(18-12-37)21-22-56-23-25-57(26-24-56)27-28-66-38-32-50-46(51-33-38)36-9-19-58(20-10-36)48-52-39-13-29-68(63)45(39)47(53-48)54-49(34-60)14-5-15-49/h3,6-8,30-33,36-37,60H,4-5,9-29,34H2,1-2H3,(H,52,53,54)/b8-7+/t68-/m1/s1. The Balaban J connectivity index is 0.657. The molecule has 2 aromatic heterocycles. The number of imide groups is 1. The number of methoxy groups -OCH3 is 2. The van der Waals surface area contributed by atoms with E-state index >= 15 is 0 Å². The quantitative estimate of drug-likeness (QED) is 0.139. The number of aliphatic hydroxyl groups is 1. The van der Waals surface area contributed by atoms with Gasteiger partial charge in [-0.25, -0.2) is 15.0 Å². The molecule has 1 atom stereocenters. The lowest BCUT2D eigenvalue weighted by molar-refractivity contribution is -0.139. The van der Waals surface area contributed by atoms with E-state index < -0.39 is 11.2 Å². The highest BCUT2D eigenvalue weighted by atomic mass is 32.2. The maximum Gasteiger partial charge on any atom is 0.253 e. The average Bonchev–Trinajstić information content (AvgIpc) is 3.75. The lowest BCUT2D eigenvalue weighted by Crippen LogP contribution is -2.50. The van der Waals surface area contributed by atoms with Crippen LogP contribution < -0.4 is 29.2 Å². The summed E-state index contributed by atoms with van der Waals surface area (Å²) in [7, 11) is 3.18. The number of likely N-dealkylation sites (tertiary alicyclic amines) is 1. The van der Waals surface area contributed by atoms with Gasteiger partial charge in [-0.05, 0) is 92.4 Å². The molecule has 0 radical (unpaired) electrons. The van der Waals surface area contributed by atoms with Gasteiger partial charge in [0.1, 0.15) is 30.0 Å². The number of nitrogens with one attached hydrogen (secondary N) is 1. The van der Waals surface area contributed by atoms with E-state index in [1.165, 1.54) is 17.1 Å². The molecule has 1 saturated carbocycles. The maximum absolute atomic E-state index is 12.9. The van der Waals surface area contributed by atoms with Crippen LogP contribution in [0, 0.1) is 0 Å². The summed E-state index contributed by atoms with van der Waals surface area (Å²) in [5, 5.41) is 13.6. The van der Waals surface area contributed by atoms with Crippen molar-refractivity contribution in [3.63, 3.8) is 0 Å². The number of aromatic nitrogens is 4. The molecule has 0 spiro atoms. The topological polar surface area (TPSA) is 194 Å². The number of hydrogen-bond donors (Lipinski definition) is 2. The van der Waals surface area contributed by atoms with Crippen LogP contribution >= 0.6 is 0 Å². The molecule has 1 aromatic carbocycles. The molecule has 4 fully saturated rings. The number of benzene rings is 1. The number of ether oxygens (including phenoxy) is 4. The van der Waals surface area contributed by atoms with Gasteiger partial charge in [-0.15, -0.1) is 0 Å². The smallest absolute Gasteiger partial charge is 0.253 e. The Hall–Kier alpha value is -5.05. The van der Waals surface area contributed by atoms with Crippen LogP contribution in [-0.4, -0.2) is 184 Å². The molecule has 2 amide bonds. The van der Waals surface area contributed by atoms with Crippen LogP contribution in [0.4, 0.5) is 11.8 Å². The molecular formula is C49H66N10O8S. The van der Waals surface area contributed by atoms with Crippen molar-refractivity contribution in [2.45, 2.75) is 80.2 Å². The Bertz CT molecular complexity index is 2240. The number of rotatable bonds is 18. The Labute approximate surface area is 402 Å². The number of piperazine rings is 1. The Morgan fingerprint density at radius 2 is 1.59 bits per heavy atom. The highest BCUT2D eigenvalue weighted by molar-refractivity contribution is 7.91. The lowest BCUT2D eigenvalue weighted by atomic mass is 9.77. The summed E-state index contributed by atoms with van der Waals surface area (Å²) in [6, 6.07) is 3.64. The second-order valence-electron chi connectivity index (χ2n) is 18.7. The molecule has 0 bridgehead atoms. The highest BCUT2D eigenvalue weighted by Crippen LogP contribution is 2.42. The lowest BCUT2D eigenvalue weighted by Gasteiger charge is -2.41. The van der Waals surface area contributed by atoms with Crippen molar-refractivity contribution in [3.05, 3.63) is 59.8 Å². The van der Waals surface area contributed by atoms with Crippen molar-refractivity contribution in [1.29, 1.82) is 0 Å². The molecule has 3 saturated heterocycles. The second-order valence-corrected chi connectivity index (χ2v) is 20.2. The van der Waals surface area contributed by atoms with Gasteiger partial charge in [0.15, 0.2) is 23.1 Å². The minimum absolute atomic E-state index is 0.0266.